The number of unbranched alkanes of at least 4 members (excludes halogenated alkanes) is 6. The number of rotatable bonds is 40. The van der Waals surface area contributed by atoms with Gasteiger partial charge in [0.15, 0.2) is 0 Å². The van der Waals surface area contributed by atoms with E-state index in [9.17, 15) is 71.9 Å². The van der Waals surface area contributed by atoms with Gasteiger partial charge in [-0.2, -0.15) is 4.33 Å². The molecule has 26 nitrogen and oxygen atoms in total. The van der Waals surface area contributed by atoms with Gasteiger partial charge in [0.25, 0.3) is 0 Å². The summed E-state index contributed by atoms with van der Waals surface area (Å²) >= 11 is 0.770. The molecule has 0 bridgehead atoms. The van der Waals surface area contributed by atoms with Gasteiger partial charge >= 0.3 is 29.8 Å². The smallest absolute Gasteiger partial charge is 0.320 e. The van der Waals surface area contributed by atoms with Gasteiger partial charge in [0.1, 0.15) is 33.9 Å². The van der Waals surface area contributed by atoms with Gasteiger partial charge in [-0.25, -0.2) is 8.42 Å². The third-order valence-electron chi connectivity index (χ3n) is 14.9. The van der Waals surface area contributed by atoms with Crippen molar-refractivity contribution in [1.82, 2.24) is 20.4 Å². The summed E-state index contributed by atoms with van der Waals surface area (Å²) in [5.74, 6) is -8.84. The van der Waals surface area contributed by atoms with E-state index in [2.05, 4.69) is 44.8 Å². The monoisotopic (exact) mass is 1350 g/mol. The second kappa shape index (κ2) is 38.8. The third-order valence-corrected chi connectivity index (χ3v) is 16.3. The molecule has 2 aliphatic rings. The largest absolute Gasteiger partial charge is 0.744 e. The zero-order valence-corrected chi connectivity index (χ0v) is 53.2. The van der Waals surface area contributed by atoms with Crippen LogP contribution in [-0.2, 0) is 102 Å². The minimum absolute atomic E-state index is 0. The molecule has 2 aliphatic heterocycles. The zero-order chi connectivity index (χ0) is 63.7. The van der Waals surface area contributed by atoms with Gasteiger partial charge in [-0.05, 0) is 133 Å². The van der Waals surface area contributed by atoms with Gasteiger partial charge in [-0.3, -0.25) is 53.3 Å². The Morgan fingerprint density at radius 3 is 1.71 bits per heavy atom. The fourth-order valence-electron chi connectivity index (χ4n) is 10.9. The van der Waals surface area contributed by atoms with Crippen molar-refractivity contribution in [3.05, 3.63) is 71.5 Å². The summed E-state index contributed by atoms with van der Waals surface area (Å²) in [6.07, 6.45) is 11.6. The third kappa shape index (κ3) is 25.1. The van der Waals surface area contributed by atoms with Crippen LogP contribution in [0.1, 0.15) is 143 Å². The Kier molecular flexibility index (Phi) is 35.5. The van der Waals surface area contributed by atoms with Crippen molar-refractivity contribution in [2.45, 2.75) is 170 Å². The summed E-state index contributed by atoms with van der Waals surface area (Å²) in [5, 5.41) is 77.8. The maximum atomic E-state index is 12.8. The zero-order valence-electron chi connectivity index (χ0n) is 49.6. The quantitative estimate of drug-likeness (QED) is 0.0119. The number of carbonyl (C=O) groups excluding carboxylic acids is 3. The maximum absolute atomic E-state index is 12.8. The van der Waals surface area contributed by atoms with Crippen LogP contribution in [0.2, 0.25) is 0 Å². The first-order valence-electron chi connectivity index (χ1n) is 28.3. The number of quaternary nitrogens is 1. The first kappa shape index (κ1) is 79.5. The summed E-state index contributed by atoms with van der Waals surface area (Å²) in [6, 6.07) is 7.15. The van der Waals surface area contributed by atoms with E-state index in [1.807, 2.05) is 52.0 Å². The number of hydrogen-bond acceptors (Lipinski definition) is 19. The molecule has 2 aromatic rings. The molecular weight excluding hydrogens is 1270 g/mol. The Morgan fingerprint density at radius 1 is 0.713 bits per heavy atom. The van der Waals surface area contributed by atoms with Gasteiger partial charge in [-0.15, -0.1) is 0 Å². The van der Waals surface area contributed by atoms with Crippen LogP contribution in [0.3, 0.4) is 0 Å². The van der Waals surface area contributed by atoms with Crippen LogP contribution >= 0.6 is 12.0 Å². The van der Waals surface area contributed by atoms with Crippen molar-refractivity contribution in [1.29, 1.82) is 0 Å². The van der Waals surface area contributed by atoms with E-state index < -0.39 is 95.0 Å². The Hall–Kier alpha value is -5.51. The minimum atomic E-state index is -4.78. The van der Waals surface area contributed by atoms with E-state index in [0.29, 0.717) is 81.3 Å². The predicted molar refractivity (Wildman–Crippen MR) is 305 cm³/mol. The number of carboxylic acid groups (broad SMARTS) is 6. The van der Waals surface area contributed by atoms with Crippen molar-refractivity contribution < 1.29 is 134 Å². The first-order valence-corrected chi connectivity index (χ1v) is 30.5. The van der Waals surface area contributed by atoms with Crippen LogP contribution < -0.4 is 30.8 Å². The molecule has 4 atom stereocenters. The van der Waals surface area contributed by atoms with E-state index in [4.69, 9.17) is 15.3 Å². The van der Waals surface area contributed by atoms with Crippen LogP contribution in [0.15, 0.2) is 70.1 Å². The summed E-state index contributed by atoms with van der Waals surface area (Å²) in [4.78, 5) is 99.2. The van der Waals surface area contributed by atoms with Crippen LogP contribution in [0, 0.1) is 0 Å². The number of nitrogens with one attached hydrogen (secondary N) is 3. The fourth-order valence-corrected chi connectivity index (χ4v) is 11.8. The Labute approximate surface area is 532 Å². The molecular formula is C57H82N6Ni2O20S2-2. The van der Waals surface area contributed by atoms with E-state index in [1.54, 1.807) is 12.1 Å². The standard InChI is InChI=1S/C55H78N6O20S2.C2H6.2Ni/c1-54(2)38-30-36(82-81-80-76)22-24-40(38)60(28-13-5-7-20-46(62)56-26-11-9-16-42(52(72)73)58(32-48(64)65)33-49(66)67)44(54)18-15-19-45-55(3,4)39-31-37(83(77,78)79)23-25-41(39)61(45)29-14-6-8-21-47(63)57-27-12-10-17-43(53(74)75)59(34-50(68)69)35-51(70)71;1-2;;/h15,18-19,22-25,30-31,42-43,45,76H,5-14,16-17,20-21,26-29,32-35H2,1-4H3,(H,56,62)(H,57,63)(H,64,65)(H,66,67)(H,68,69)(H,70,71)(H,72,73)(H,74,75)(H,77,78,79);1-2H3;;/p-2/b19-15+,44-18+;;;. The molecule has 0 saturated carbocycles. The topological polar surface area (TPSA) is 398 Å². The van der Waals surface area contributed by atoms with Crippen molar-refractivity contribution in [2.24, 2.45) is 0 Å². The molecule has 2 aromatic carbocycles. The summed E-state index contributed by atoms with van der Waals surface area (Å²) in [6.45, 7) is 10.6. The van der Waals surface area contributed by atoms with E-state index in [0.717, 1.165) is 49.4 Å². The molecule has 0 aromatic heterocycles. The van der Waals surface area contributed by atoms with Crippen molar-refractivity contribution in [3.63, 3.8) is 0 Å². The first-order chi connectivity index (χ1) is 40.1. The molecule has 0 fully saturated rings. The Bertz CT molecular complexity index is 2770. The molecule has 0 saturated heterocycles. The van der Waals surface area contributed by atoms with E-state index in [-0.39, 0.29) is 101 Å². The van der Waals surface area contributed by atoms with Gasteiger partial charge in [0.2, 0.25) is 11.8 Å². The van der Waals surface area contributed by atoms with Crippen molar-refractivity contribution in [2.75, 3.05) is 57.3 Å². The number of fused-ring (bicyclic) bond motifs is 2. The van der Waals surface area contributed by atoms with Crippen LogP contribution in [0.25, 0.3) is 0 Å². The number of aliphatic carboxylic acids is 6. The molecule has 4 unspecified atom stereocenters. The number of benzene rings is 2. The molecule has 0 spiro atoms. The molecule has 4 rings (SSSR count). The summed E-state index contributed by atoms with van der Waals surface area (Å²) < 4.78 is 41.4. The van der Waals surface area contributed by atoms with Gasteiger partial charge in [-0.1, -0.05) is 40.2 Å². The number of hydrogen-bond donors (Lipinski definition) is 8. The average molecular weight is 1350 g/mol. The number of carboxylic acids is 6. The van der Waals surface area contributed by atoms with E-state index >= 15 is 0 Å². The predicted octanol–water partition coefficient (Wildman–Crippen LogP) is 2.46. The Morgan fingerprint density at radius 2 is 1.23 bits per heavy atom. The average Bonchev–Trinajstić information content (AvgIpc) is 1.66. The van der Waals surface area contributed by atoms with Gasteiger partial charge in [0, 0.05) is 105 Å². The van der Waals surface area contributed by atoms with Gasteiger partial charge < -0.3 is 60.8 Å². The van der Waals surface area contributed by atoms with Crippen LogP contribution in [0.4, 0.5) is 11.4 Å². The molecule has 0 radical (unpaired) electrons. The second-order valence-electron chi connectivity index (χ2n) is 21.6. The molecule has 30 heteroatoms. The number of anilines is 1. The number of carbonyl (C=O) groups is 8. The van der Waals surface area contributed by atoms with E-state index in [1.165, 1.54) is 12.1 Å². The van der Waals surface area contributed by atoms with Crippen molar-refractivity contribution >= 4 is 81.2 Å². The SMILES string of the molecule is CC.CC1(C)/C(=C\C=C\C2[NH+](CCCCCC(=O)NCCCCC(C(=O)O)N(CC(=O)[O-])CC(=O)O)c3ccc(S(=O)(=O)[O-])cc3C2(C)C)N(CCCCCC(=O)NCCCCC(C(=O)O)N(CC(=O)O)CC(=O)O)c2ccc(SOO[O-])cc21.[Ni].[Ni]. The number of amides is 2. The number of nitrogens with zero attached hydrogens (tertiary/aromatic N) is 3. The molecule has 2 amide bonds. The molecule has 2 heterocycles. The normalized spacial score (nSPS) is 16.6. The van der Waals surface area contributed by atoms with Crippen molar-refractivity contribution in [3.8, 4) is 0 Å². The molecule has 87 heavy (non-hydrogen) atoms. The minimum Gasteiger partial charge on any atom is -0.744 e. The molecule has 8 N–H and O–H groups in total. The molecule has 0 aliphatic carbocycles. The molecule has 494 valence electrons. The Balaban J connectivity index is 0.00000936. The summed E-state index contributed by atoms with van der Waals surface area (Å²) in [7, 11) is -4.78. The maximum Gasteiger partial charge on any atom is 0.320 e. The summed E-state index contributed by atoms with van der Waals surface area (Å²) in [5.41, 5.74) is 3.11. The second-order valence-corrected chi connectivity index (χ2v) is 23.8. The van der Waals surface area contributed by atoms with Crippen LogP contribution in [0.5, 0.6) is 0 Å². The number of allylic oxidation sites excluding steroid dienone is 3. The van der Waals surface area contributed by atoms with Gasteiger partial charge in [0.05, 0.1) is 54.5 Å². The van der Waals surface area contributed by atoms with Crippen LogP contribution in [-0.4, -0.2) is 166 Å². The fraction of sp³-hybridized carbons (Fsp3) is 0.579.